The van der Waals surface area contributed by atoms with Crippen molar-refractivity contribution in [2.45, 2.75) is 25.3 Å². The van der Waals surface area contributed by atoms with Gasteiger partial charge in [0.25, 0.3) is 0 Å². The lowest BCUT2D eigenvalue weighted by atomic mass is 9.78. The van der Waals surface area contributed by atoms with Crippen molar-refractivity contribution in [3.05, 3.63) is 30.6 Å². The maximum Gasteiger partial charge on any atom is 0.138 e. The van der Waals surface area contributed by atoms with E-state index in [0.717, 1.165) is 24.7 Å². The summed E-state index contributed by atoms with van der Waals surface area (Å²) in [6, 6.07) is 6.74. The summed E-state index contributed by atoms with van der Waals surface area (Å²) in [5.41, 5.74) is 7.33. The van der Waals surface area contributed by atoms with Crippen molar-refractivity contribution in [1.29, 1.82) is 0 Å². The molecule has 0 amide bonds. The van der Waals surface area contributed by atoms with Crippen LogP contribution in [0.15, 0.2) is 30.6 Å². The van der Waals surface area contributed by atoms with Gasteiger partial charge in [-0.1, -0.05) is 12.5 Å². The first-order chi connectivity index (χ1) is 9.33. The van der Waals surface area contributed by atoms with Gasteiger partial charge in [0, 0.05) is 31.5 Å². The first-order valence-electron chi connectivity index (χ1n) is 7.25. The lowest BCUT2D eigenvalue weighted by Crippen LogP contribution is -2.38. The van der Waals surface area contributed by atoms with Crippen LogP contribution in [-0.4, -0.2) is 28.5 Å². The van der Waals surface area contributed by atoms with Gasteiger partial charge >= 0.3 is 0 Å². The molecule has 4 nitrogen and oxygen atoms in total. The summed E-state index contributed by atoms with van der Waals surface area (Å²) in [5.74, 6) is 2.71. The molecule has 3 unspecified atom stereocenters. The smallest absolute Gasteiger partial charge is 0.138 e. The minimum absolute atomic E-state index is 0.394. The van der Waals surface area contributed by atoms with Gasteiger partial charge in [0.05, 0.1) is 0 Å². The van der Waals surface area contributed by atoms with Gasteiger partial charge < -0.3 is 10.6 Å². The second kappa shape index (κ2) is 4.23. The standard InChI is InChI=1S/C15H20N4/c16-13-4-1-3-11-9-18(10-12(11)13)15-6-2-5-14-17-7-8-19(14)15/h2,5-8,11-13H,1,3-4,9-10,16H2. The highest BCUT2D eigenvalue weighted by Crippen LogP contribution is 2.37. The van der Waals surface area contributed by atoms with Crippen LogP contribution in [0.4, 0.5) is 5.82 Å². The van der Waals surface area contributed by atoms with Crippen molar-refractivity contribution in [3.8, 4) is 0 Å². The molecule has 2 aromatic heterocycles. The minimum atomic E-state index is 0.394. The van der Waals surface area contributed by atoms with E-state index in [9.17, 15) is 0 Å². The van der Waals surface area contributed by atoms with E-state index in [0.29, 0.717) is 12.0 Å². The molecule has 3 atom stereocenters. The third kappa shape index (κ3) is 1.74. The largest absolute Gasteiger partial charge is 0.357 e. The quantitative estimate of drug-likeness (QED) is 0.847. The maximum absolute atomic E-state index is 6.31. The van der Waals surface area contributed by atoms with Crippen LogP contribution in [-0.2, 0) is 0 Å². The zero-order valence-corrected chi connectivity index (χ0v) is 11.1. The number of aromatic nitrogens is 2. The summed E-state index contributed by atoms with van der Waals surface area (Å²) in [6.45, 7) is 2.25. The number of hydrogen-bond acceptors (Lipinski definition) is 3. The van der Waals surface area contributed by atoms with Gasteiger partial charge in [-0.2, -0.15) is 0 Å². The van der Waals surface area contributed by atoms with E-state index in [1.165, 1.54) is 25.1 Å². The van der Waals surface area contributed by atoms with Gasteiger partial charge in [-0.25, -0.2) is 4.98 Å². The summed E-state index contributed by atoms with van der Waals surface area (Å²) in [4.78, 5) is 6.86. The summed E-state index contributed by atoms with van der Waals surface area (Å²) in [7, 11) is 0. The fourth-order valence-electron chi connectivity index (χ4n) is 3.89. The maximum atomic E-state index is 6.31. The second-order valence-electron chi connectivity index (χ2n) is 5.96. The first kappa shape index (κ1) is 11.3. The number of nitrogens with two attached hydrogens (primary N) is 1. The molecule has 0 aromatic carbocycles. The number of rotatable bonds is 1. The van der Waals surface area contributed by atoms with Crippen molar-refractivity contribution < 1.29 is 0 Å². The van der Waals surface area contributed by atoms with Gasteiger partial charge in [0.15, 0.2) is 0 Å². The minimum Gasteiger partial charge on any atom is -0.357 e. The predicted molar refractivity (Wildman–Crippen MR) is 76.2 cm³/mol. The Morgan fingerprint density at radius 1 is 1.21 bits per heavy atom. The van der Waals surface area contributed by atoms with Gasteiger partial charge in [-0.15, -0.1) is 0 Å². The highest BCUT2D eigenvalue weighted by Gasteiger charge is 2.39. The van der Waals surface area contributed by atoms with E-state index in [2.05, 4.69) is 32.5 Å². The summed E-state index contributed by atoms with van der Waals surface area (Å²) < 4.78 is 2.18. The van der Waals surface area contributed by atoms with E-state index in [1.54, 1.807) is 0 Å². The Labute approximate surface area is 113 Å². The first-order valence-corrected chi connectivity index (χ1v) is 7.25. The highest BCUT2D eigenvalue weighted by atomic mass is 15.3. The molecule has 2 aromatic rings. The highest BCUT2D eigenvalue weighted by molar-refractivity contribution is 5.52. The van der Waals surface area contributed by atoms with Crippen LogP contribution in [0.2, 0.25) is 0 Å². The van der Waals surface area contributed by atoms with Gasteiger partial charge in [0.1, 0.15) is 11.5 Å². The van der Waals surface area contributed by atoms with Crippen molar-refractivity contribution in [1.82, 2.24) is 9.38 Å². The van der Waals surface area contributed by atoms with Gasteiger partial charge in [-0.3, -0.25) is 4.40 Å². The van der Waals surface area contributed by atoms with E-state index >= 15 is 0 Å². The lowest BCUT2D eigenvalue weighted by Gasteiger charge is -2.29. The Kier molecular flexibility index (Phi) is 2.52. The van der Waals surface area contributed by atoms with Crippen molar-refractivity contribution in [3.63, 3.8) is 0 Å². The Morgan fingerprint density at radius 2 is 2.16 bits per heavy atom. The summed E-state index contributed by atoms with van der Waals surface area (Å²) >= 11 is 0. The molecule has 0 radical (unpaired) electrons. The molecule has 4 rings (SSSR count). The third-order valence-electron chi connectivity index (χ3n) is 4.88. The van der Waals surface area contributed by atoms with Crippen molar-refractivity contribution in [2.75, 3.05) is 18.0 Å². The number of anilines is 1. The number of pyridine rings is 1. The predicted octanol–water partition coefficient (Wildman–Crippen LogP) is 1.90. The molecule has 100 valence electrons. The van der Waals surface area contributed by atoms with E-state index < -0.39 is 0 Å². The Bertz CT molecular complexity index is 591. The van der Waals surface area contributed by atoms with Crippen LogP contribution >= 0.6 is 0 Å². The average molecular weight is 256 g/mol. The van der Waals surface area contributed by atoms with Crippen molar-refractivity contribution >= 4 is 11.5 Å². The number of nitrogens with zero attached hydrogens (tertiary/aromatic N) is 3. The van der Waals surface area contributed by atoms with E-state index in [1.807, 2.05) is 12.4 Å². The zero-order chi connectivity index (χ0) is 12.8. The van der Waals surface area contributed by atoms with Crippen LogP contribution in [0.25, 0.3) is 5.65 Å². The lowest BCUT2D eigenvalue weighted by molar-refractivity contribution is 0.260. The average Bonchev–Trinajstić information content (AvgIpc) is 3.05. The molecule has 1 saturated carbocycles. The van der Waals surface area contributed by atoms with E-state index in [4.69, 9.17) is 5.73 Å². The topological polar surface area (TPSA) is 46.6 Å². The molecule has 4 heteroatoms. The Balaban J connectivity index is 1.68. The Morgan fingerprint density at radius 3 is 3.05 bits per heavy atom. The fourth-order valence-corrected chi connectivity index (χ4v) is 3.89. The van der Waals surface area contributed by atoms with Crippen LogP contribution in [0, 0.1) is 11.8 Å². The van der Waals surface area contributed by atoms with Crippen LogP contribution in [0.3, 0.4) is 0 Å². The van der Waals surface area contributed by atoms with Crippen LogP contribution < -0.4 is 10.6 Å². The zero-order valence-electron chi connectivity index (χ0n) is 11.1. The summed E-state index contributed by atoms with van der Waals surface area (Å²) in [5, 5.41) is 0. The van der Waals surface area contributed by atoms with Crippen molar-refractivity contribution in [2.24, 2.45) is 17.6 Å². The second-order valence-corrected chi connectivity index (χ2v) is 5.96. The Hall–Kier alpha value is -1.55. The van der Waals surface area contributed by atoms with E-state index in [-0.39, 0.29) is 0 Å². The molecule has 0 bridgehead atoms. The molecule has 3 heterocycles. The molecular weight excluding hydrogens is 236 g/mol. The number of hydrogen-bond donors (Lipinski definition) is 1. The monoisotopic (exact) mass is 256 g/mol. The number of fused-ring (bicyclic) bond motifs is 2. The molecular formula is C15H20N4. The van der Waals surface area contributed by atoms with Crippen LogP contribution in [0.1, 0.15) is 19.3 Å². The number of imidazole rings is 1. The van der Waals surface area contributed by atoms with Gasteiger partial charge in [-0.05, 0) is 36.8 Å². The molecule has 1 aliphatic heterocycles. The summed E-state index contributed by atoms with van der Waals surface area (Å²) in [6.07, 6.45) is 7.75. The molecule has 2 fully saturated rings. The normalized spacial score (nSPS) is 30.8. The molecule has 1 saturated heterocycles. The molecule has 0 spiro atoms. The fraction of sp³-hybridized carbons (Fsp3) is 0.533. The van der Waals surface area contributed by atoms with Gasteiger partial charge in [0.2, 0.25) is 0 Å². The third-order valence-corrected chi connectivity index (χ3v) is 4.88. The molecule has 2 aliphatic rings. The SMILES string of the molecule is NC1CCCC2CN(c3cccc4nccn34)CC12. The van der Waals surface area contributed by atoms with Crippen LogP contribution in [0.5, 0.6) is 0 Å². The molecule has 2 N–H and O–H groups in total. The molecule has 19 heavy (non-hydrogen) atoms. The molecule has 1 aliphatic carbocycles.